The molecule has 1 atom stereocenters. The standard InChI is InChI=1S/C19H19F2N5O2S/c1-11-3-2-6-25(8-11)19-24-17-16(29-19)18(28)26(10-22-17)9-15(27)23-14-7-12(20)4-5-13(14)21/h4-5,7,10-11H,2-3,6,8-9H2,1H3,(H,23,27)/t11-/m1/s1. The molecule has 4 rings (SSSR count). The minimum Gasteiger partial charge on any atom is -0.348 e. The van der Waals surface area contributed by atoms with Crippen molar-refractivity contribution < 1.29 is 13.6 Å². The summed E-state index contributed by atoms with van der Waals surface area (Å²) in [5.74, 6) is -1.53. The van der Waals surface area contributed by atoms with Crippen molar-refractivity contribution in [2.75, 3.05) is 23.3 Å². The number of amides is 1. The Kier molecular flexibility index (Phi) is 5.27. The molecular formula is C19H19F2N5O2S. The summed E-state index contributed by atoms with van der Waals surface area (Å²) in [7, 11) is 0. The minimum atomic E-state index is -0.761. The average Bonchev–Trinajstić information content (AvgIpc) is 3.12. The Morgan fingerprint density at radius 2 is 2.21 bits per heavy atom. The number of hydrogen-bond donors (Lipinski definition) is 1. The molecule has 0 radical (unpaired) electrons. The van der Waals surface area contributed by atoms with E-state index in [1.807, 2.05) is 0 Å². The summed E-state index contributed by atoms with van der Waals surface area (Å²) < 4.78 is 28.4. The van der Waals surface area contributed by atoms with Crippen molar-refractivity contribution in [1.82, 2.24) is 14.5 Å². The van der Waals surface area contributed by atoms with Gasteiger partial charge in [-0.1, -0.05) is 18.3 Å². The fraction of sp³-hybridized carbons (Fsp3) is 0.368. The van der Waals surface area contributed by atoms with Gasteiger partial charge >= 0.3 is 0 Å². The van der Waals surface area contributed by atoms with Gasteiger partial charge in [0.1, 0.15) is 29.2 Å². The number of rotatable bonds is 4. The third-order valence-corrected chi connectivity index (χ3v) is 5.91. The van der Waals surface area contributed by atoms with Crippen LogP contribution in [0.3, 0.4) is 0 Å². The fourth-order valence-corrected chi connectivity index (χ4v) is 4.39. The molecule has 29 heavy (non-hydrogen) atoms. The molecule has 1 aromatic carbocycles. The van der Waals surface area contributed by atoms with E-state index in [-0.39, 0.29) is 12.2 Å². The fourth-order valence-electron chi connectivity index (χ4n) is 3.38. The third-order valence-electron chi connectivity index (χ3n) is 4.82. The monoisotopic (exact) mass is 419 g/mol. The van der Waals surface area contributed by atoms with Gasteiger partial charge in [0.15, 0.2) is 10.8 Å². The predicted molar refractivity (Wildman–Crippen MR) is 107 cm³/mol. The molecule has 1 fully saturated rings. The molecule has 3 aromatic rings. The van der Waals surface area contributed by atoms with Crippen molar-refractivity contribution in [3.8, 4) is 0 Å². The number of fused-ring (bicyclic) bond motifs is 1. The number of halogens is 2. The molecule has 1 aliphatic rings. The first kappa shape index (κ1) is 19.4. The van der Waals surface area contributed by atoms with Crippen molar-refractivity contribution in [3.63, 3.8) is 0 Å². The maximum absolute atomic E-state index is 13.7. The molecule has 0 unspecified atom stereocenters. The summed E-state index contributed by atoms with van der Waals surface area (Å²) in [5.41, 5.74) is -0.323. The lowest BCUT2D eigenvalue weighted by atomic mass is 10.0. The molecule has 1 amide bonds. The number of anilines is 2. The third kappa shape index (κ3) is 4.12. The van der Waals surface area contributed by atoms with E-state index in [2.05, 4.69) is 27.1 Å². The van der Waals surface area contributed by atoms with Crippen LogP contribution in [0.4, 0.5) is 19.6 Å². The van der Waals surface area contributed by atoms with E-state index in [1.165, 1.54) is 24.1 Å². The van der Waals surface area contributed by atoms with Crippen molar-refractivity contribution in [1.29, 1.82) is 0 Å². The number of carbonyl (C=O) groups excluding carboxylic acids is 1. The van der Waals surface area contributed by atoms with Gasteiger partial charge < -0.3 is 10.2 Å². The second kappa shape index (κ2) is 7.86. The van der Waals surface area contributed by atoms with Crippen molar-refractivity contribution in [3.05, 3.63) is 46.5 Å². The lowest BCUT2D eigenvalue weighted by molar-refractivity contribution is -0.116. The van der Waals surface area contributed by atoms with E-state index in [9.17, 15) is 18.4 Å². The second-order valence-electron chi connectivity index (χ2n) is 7.19. The molecule has 1 N–H and O–H groups in total. The molecule has 152 valence electrons. The highest BCUT2D eigenvalue weighted by Crippen LogP contribution is 2.29. The highest BCUT2D eigenvalue weighted by Gasteiger charge is 2.21. The molecule has 0 bridgehead atoms. The average molecular weight is 419 g/mol. The van der Waals surface area contributed by atoms with Gasteiger partial charge in [0.25, 0.3) is 5.56 Å². The Hall–Kier alpha value is -2.88. The number of nitrogens with zero attached hydrogens (tertiary/aromatic N) is 4. The number of aromatic nitrogens is 3. The maximum atomic E-state index is 13.7. The quantitative estimate of drug-likeness (QED) is 0.703. The Bertz CT molecular complexity index is 1130. The lowest BCUT2D eigenvalue weighted by Crippen LogP contribution is -2.34. The number of hydrogen-bond acceptors (Lipinski definition) is 6. The van der Waals surface area contributed by atoms with Crippen LogP contribution in [-0.4, -0.2) is 33.5 Å². The van der Waals surface area contributed by atoms with E-state index in [0.717, 1.165) is 47.4 Å². The zero-order valence-electron chi connectivity index (χ0n) is 15.7. The Morgan fingerprint density at radius 3 is 3.00 bits per heavy atom. The van der Waals surface area contributed by atoms with Crippen molar-refractivity contribution >= 4 is 38.4 Å². The second-order valence-corrected chi connectivity index (χ2v) is 8.17. The Morgan fingerprint density at radius 1 is 1.38 bits per heavy atom. The molecule has 0 aliphatic carbocycles. The zero-order chi connectivity index (χ0) is 20.5. The summed E-state index contributed by atoms with van der Waals surface area (Å²) in [4.78, 5) is 35.8. The molecule has 1 aliphatic heterocycles. The molecule has 3 heterocycles. The first-order chi connectivity index (χ1) is 13.9. The minimum absolute atomic E-state index is 0.281. The largest absolute Gasteiger partial charge is 0.348 e. The van der Waals surface area contributed by atoms with Gasteiger partial charge in [-0.05, 0) is 30.9 Å². The van der Waals surface area contributed by atoms with Crippen LogP contribution in [-0.2, 0) is 11.3 Å². The number of thiazole rings is 1. The van der Waals surface area contributed by atoms with Gasteiger partial charge in [-0.3, -0.25) is 14.2 Å². The molecule has 0 saturated carbocycles. The summed E-state index contributed by atoms with van der Waals surface area (Å²) in [6.07, 6.45) is 3.49. The first-order valence-electron chi connectivity index (χ1n) is 9.26. The van der Waals surface area contributed by atoms with E-state index >= 15 is 0 Å². The summed E-state index contributed by atoms with van der Waals surface area (Å²) in [5, 5.41) is 3.02. The first-order valence-corrected chi connectivity index (χ1v) is 10.1. The zero-order valence-corrected chi connectivity index (χ0v) is 16.5. The van der Waals surface area contributed by atoms with Gasteiger partial charge in [-0.2, -0.15) is 4.98 Å². The number of carbonyl (C=O) groups is 1. The number of nitrogens with one attached hydrogen (secondary N) is 1. The molecular weight excluding hydrogens is 400 g/mol. The summed E-state index contributed by atoms with van der Waals surface area (Å²) in [6.45, 7) is 3.59. The van der Waals surface area contributed by atoms with Gasteiger partial charge in [-0.15, -0.1) is 0 Å². The van der Waals surface area contributed by atoms with Crippen molar-refractivity contribution in [2.45, 2.75) is 26.3 Å². The van der Waals surface area contributed by atoms with Crippen LogP contribution in [0.25, 0.3) is 10.3 Å². The summed E-state index contributed by atoms with van der Waals surface area (Å²) >= 11 is 1.26. The Balaban J connectivity index is 1.55. The SMILES string of the molecule is C[C@@H]1CCCN(c2nc3ncn(CC(=O)Nc4cc(F)ccc4F)c(=O)c3s2)C1. The van der Waals surface area contributed by atoms with Crippen LogP contribution in [0.5, 0.6) is 0 Å². The summed E-state index contributed by atoms with van der Waals surface area (Å²) in [6, 6.07) is 2.76. The maximum Gasteiger partial charge on any atom is 0.273 e. The lowest BCUT2D eigenvalue weighted by Gasteiger charge is -2.30. The highest BCUT2D eigenvalue weighted by atomic mass is 32.1. The van der Waals surface area contributed by atoms with Gasteiger partial charge in [-0.25, -0.2) is 13.8 Å². The van der Waals surface area contributed by atoms with E-state index in [4.69, 9.17) is 0 Å². The van der Waals surface area contributed by atoms with Crippen molar-refractivity contribution in [2.24, 2.45) is 5.92 Å². The van der Waals surface area contributed by atoms with Gasteiger partial charge in [0.2, 0.25) is 5.91 Å². The smallest absolute Gasteiger partial charge is 0.273 e. The van der Waals surface area contributed by atoms with Gasteiger partial charge in [0.05, 0.1) is 5.69 Å². The normalized spacial score (nSPS) is 16.9. The van der Waals surface area contributed by atoms with Crippen LogP contribution in [0.15, 0.2) is 29.3 Å². The topological polar surface area (TPSA) is 80.1 Å². The van der Waals surface area contributed by atoms with Crippen LogP contribution >= 0.6 is 11.3 Å². The van der Waals surface area contributed by atoms with E-state index in [1.54, 1.807) is 0 Å². The molecule has 2 aromatic heterocycles. The highest BCUT2D eigenvalue weighted by molar-refractivity contribution is 7.22. The number of benzene rings is 1. The Labute approximate surface area is 169 Å². The van der Waals surface area contributed by atoms with E-state index in [0.29, 0.717) is 16.3 Å². The molecule has 1 saturated heterocycles. The molecule has 7 nitrogen and oxygen atoms in total. The number of piperidine rings is 1. The van der Waals surface area contributed by atoms with Crippen LogP contribution in [0.2, 0.25) is 0 Å². The van der Waals surface area contributed by atoms with E-state index < -0.39 is 23.1 Å². The van der Waals surface area contributed by atoms with Crippen LogP contribution in [0.1, 0.15) is 19.8 Å². The van der Waals surface area contributed by atoms with Crippen LogP contribution < -0.4 is 15.8 Å². The predicted octanol–water partition coefficient (Wildman–Crippen LogP) is 3.01. The van der Waals surface area contributed by atoms with Gasteiger partial charge in [0, 0.05) is 19.2 Å². The van der Waals surface area contributed by atoms with Crippen LogP contribution in [0, 0.1) is 17.6 Å². The molecule has 10 heteroatoms. The molecule has 0 spiro atoms.